The summed E-state index contributed by atoms with van der Waals surface area (Å²) >= 11 is 20.0. The van der Waals surface area contributed by atoms with Crippen LogP contribution >= 0.6 is 75.3 Å². The van der Waals surface area contributed by atoms with Crippen LogP contribution < -0.4 is 20.1 Å². The van der Waals surface area contributed by atoms with Crippen molar-refractivity contribution >= 4 is 110 Å². The highest BCUT2D eigenvalue weighted by atomic mass is 79.9. The van der Waals surface area contributed by atoms with E-state index in [2.05, 4.69) is 74.4 Å². The normalized spacial score (nSPS) is 10.5. The molecule has 282 valence electrons. The van der Waals surface area contributed by atoms with Gasteiger partial charge >= 0.3 is 11.9 Å². The highest BCUT2D eigenvalue weighted by Crippen LogP contribution is 2.38. The molecule has 0 aliphatic rings. The molecule has 0 spiro atoms. The molecule has 0 aliphatic carbocycles. The summed E-state index contributed by atoms with van der Waals surface area (Å²) in [6, 6.07) is 15.8. The first-order valence-corrected chi connectivity index (χ1v) is 19.3. The van der Waals surface area contributed by atoms with Gasteiger partial charge in [0.15, 0.2) is 5.82 Å². The molecular weight excluding hydrogens is 974 g/mol. The van der Waals surface area contributed by atoms with Crippen LogP contribution in [0.5, 0.6) is 11.5 Å². The topological polar surface area (TPSA) is 151 Å². The average Bonchev–Trinajstić information content (AvgIpc) is 3.05. The number of carboxylic acids is 2. The summed E-state index contributed by atoms with van der Waals surface area (Å²) in [5.41, 5.74) is 4.19. The SMILES string of the molecule is CC(=O)Nc1cc(C)cc(COc2c(Br)cc(CCC(=O)O)cc2Br)c1F.CC(=O)Nc1cccc(COc2c(Br)cc(CCC(=O)O)cc2Br)c1Cl. The summed E-state index contributed by atoms with van der Waals surface area (Å²) in [6.45, 7) is 4.71. The van der Waals surface area contributed by atoms with Crippen molar-refractivity contribution in [2.45, 2.75) is 59.7 Å². The van der Waals surface area contributed by atoms with Crippen LogP contribution in [-0.4, -0.2) is 34.0 Å². The molecule has 4 N–H and O–H groups in total. The highest BCUT2D eigenvalue weighted by molar-refractivity contribution is 9.11. The van der Waals surface area contributed by atoms with Crippen molar-refractivity contribution in [1.82, 2.24) is 0 Å². The van der Waals surface area contributed by atoms with Crippen molar-refractivity contribution in [1.29, 1.82) is 0 Å². The molecule has 53 heavy (non-hydrogen) atoms. The molecule has 4 aromatic carbocycles. The van der Waals surface area contributed by atoms with E-state index >= 15 is 0 Å². The van der Waals surface area contributed by atoms with E-state index in [1.54, 1.807) is 43.3 Å². The van der Waals surface area contributed by atoms with Crippen LogP contribution in [0.25, 0.3) is 0 Å². The van der Waals surface area contributed by atoms with E-state index in [1.807, 2.05) is 18.2 Å². The highest BCUT2D eigenvalue weighted by Gasteiger charge is 2.16. The number of halogens is 6. The first-order chi connectivity index (χ1) is 24.9. The van der Waals surface area contributed by atoms with Crippen LogP contribution in [-0.2, 0) is 45.2 Å². The van der Waals surface area contributed by atoms with Gasteiger partial charge in [0.2, 0.25) is 11.8 Å². The van der Waals surface area contributed by atoms with Crippen molar-refractivity contribution < 1.29 is 43.3 Å². The molecule has 10 nitrogen and oxygen atoms in total. The number of aryl methyl sites for hydroxylation is 3. The standard InChI is InChI=1S/C19H18Br2FNO4.C18H16Br2ClNO4/c1-10-5-13(18(22)16(6-10)23-11(2)24)9-27-19-14(20)7-12(8-15(19)21)3-4-17(25)26;1-10(23)22-15-4-2-3-12(17(15)21)9-26-18-13(19)7-11(8-14(18)20)5-6-16(24)25/h5-8H,3-4,9H2,1-2H3,(H,23,24)(H,25,26);2-4,7-8H,5-6,9H2,1H3,(H,22,23)(H,24,25). The van der Waals surface area contributed by atoms with E-state index < -0.39 is 17.8 Å². The lowest BCUT2D eigenvalue weighted by molar-refractivity contribution is -0.138. The van der Waals surface area contributed by atoms with Gasteiger partial charge in [0.1, 0.15) is 24.7 Å². The summed E-state index contributed by atoms with van der Waals surface area (Å²) < 4.78 is 28.9. The second-order valence-electron chi connectivity index (χ2n) is 11.6. The molecule has 2 amide bonds. The molecule has 0 heterocycles. The molecule has 0 unspecified atom stereocenters. The summed E-state index contributed by atoms with van der Waals surface area (Å²) in [5.74, 6) is -1.73. The third-order valence-corrected chi connectivity index (χ3v) is 9.91. The summed E-state index contributed by atoms with van der Waals surface area (Å²) in [6.07, 6.45) is 0.904. The number of hydrogen-bond acceptors (Lipinski definition) is 6. The van der Waals surface area contributed by atoms with Gasteiger partial charge in [-0.1, -0.05) is 23.7 Å². The van der Waals surface area contributed by atoms with E-state index in [0.29, 0.717) is 58.5 Å². The molecule has 0 atom stereocenters. The molecule has 0 fully saturated rings. The lowest BCUT2D eigenvalue weighted by Gasteiger charge is -2.14. The lowest BCUT2D eigenvalue weighted by Crippen LogP contribution is -2.10. The molecular formula is C37H34Br4ClFN2O8. The number of benzene rings is 4. The fourth-order valence-corrected chi connectivity index (χ4v) is 8.05. The largest absolute Gasteiger partial charge is 0.486 e. The predicted octanol–water partition coefficient (Wildman–Crippen LogP) is 10.6. The molecule has 0 saturated carbocycles. The summed E-state index contributed by atoms with van der Waals surface area (Å²) in [7, 11) is 0. The minimum absolute atomic E-state index is 0.0273. The van der Waals surface area contributed by atoms with Gasteiger partial charge < -0.3 is 30.3 Å². The number of hydrogen-bond donors (Lipinski definition) is 4. The van der Waals surface area contributed by atoms with Crippen LogP contribution in [0.1, 0.15) is 54.5 Å². The van der Waals surface area contributed by atoms with Gasteiger partial charge in [-0.25, -0.2) is 4.39 Å². The Morgan fingerprint density at radius 1 is 0.698 bits per heavy atom. The van der Waals surface area contributed by atoms with Crippen molar-refractivity contribution in [3.8, 4) is 11.5 Å². The maximum atomic E-state index is 14.6. The van der Waals surface area contributed by atoms with Gasteiger partial charge in [0, 0.05) is 37.8 Å². The van der Waals surface area contributed by atoms with Crippen LogP contribution in [0.2, 0.25) is 5.02 Å². The first kappa shape index (κ1) is 43.9. The van der Waals surface area contributed by atoms with Crippen LogP contribution in [0.3, 0.4) is 0 Å². The number of amides is 2. The van der Waals surface area contributed by atoms with E-state index in [9.17, 15) is 23.6 Å². The molecule has 0 aromatic heterocycles. The second kappa shape index (κ2) is 20.8. The molecule has 0 saturated heterocycles. The van der Waals surface area contributed by atoms with E-state index in [1.165, 1.54) is 13.8 Å². The number of rotatable bonds is 14. The Morgan fingerprint density at radius 3 is 1.57 bits per heavy atom. The molecule has 0 bridgehead atoms. The molecule has 0 radical (unpaired) electrons. The number of aliphatic carboxylic acids is 2. The van der Waals surface area contributed by atoms with Gasteiger partial charge in [0.05, 0.1) is 34.3 Å². The second-order valence-corrected chi connectivity index (χ2v) is 15.4. The number of carbonyl (C=O) groups excluding carboxylic acids is 2. The Morgan fingerprint density at radius 2 is 1.13 bits per heavy atom. The third-order valence-electron chi connectivity index (χ3n) is 7.11. The lowest BCUT2D eigenvalue weighted by atomic mass is 10.1. The van der Waals surface area contributed by atoms with Crippen molar-refractivity contribution in [3.63, 3.8) is 0 Å². The van der Waals surface area contributed by atoms with Crippen molar-refractivity contribution in [2.75, 3.05) is 10.6 Å². The first-order valence-electron chi connectivity index (χ1n) is 15.7. The predicted molar refractivity (Wildman–Crippen MR) is 215 cm³/mol. The van der Waals surface area contributed by atoms with Crippen molar-refractivity contribution in [3.05, 3.63) is 111 Å². The zero-order chi connectivity index (χ0) is 39.4. The van der Waals surface area contributed by atoms with Crippen LogP contribution in [0.15, 0.2) is 72.5 Å². The quantitative estimate of drug-likeness (QED) is 0.0975. The fourth-order valence-electron chi connectivity index (χ4n) is 4.80. The third kappa shape index (κ3) is 14.0. The number of ether oxygens (including phenoxy) is 2. The van der Waals surface area contributed by atoms with E-state index in [4.69, 9.17) is 31.3 Å². The zero-order valence-electron chi connectivity index (χ0n) is 28.6. The smallest absolute Gasteiger partial charge is 0.303 e. The van der Waals surface area contributed by atoms with Crippen molar-refractivity contribution in [2.24, 2.45) is 0 Å². The monoisotopic (exact) mass is 1000 g/mol. The van der Waals surface area contributed by atoms with E-state index in [0.717, 1.165) is 22.3 Å². The molecule has 4 aromatic rings. The fraction of sp³-hybridized carbons (Fsp3) is 0.243. The van der Waals surface area contributed by atoms with Crippen LogP contribution in [0, 0.1) is 12.7 Å². The summed E-state index contributed by atoms with van der Waals surface area (Å²) in [4.78, 5) is 43.9. The maximum absolute atomic E-state index is 14.6. The Bertz CT molecular complexity index is 1970. The number of anilines is 2. The Labute approximate surface area is 344 Å². The Balaban J connectivity index is 0.000000286. The molecule has 0 aliphatic heterocycles. The van der Waals surface area contributed by atoms with Gasteiger partial charge in [-0.2, -0.15) is 0 Å². The number of carbonyl (C=O) groups is 4. The number of nitrogens with one attached hydrogen (secondary N) is 2. The van der Waals surface area contributed by atoms with Gasteiger partial charge in [-0.3, -0.25) is 19.2 Å². The molecule has 4 rings (SSSR count). The number of carboxylic acid groups (broad SMARTS) is 2. The van der Waals surface area contributed by atoms with Crippen LogP contribution in [0.4, 0.5) is 15.8 Å². The summed E-state index contributed by atoms with van der Waals surface area (Å²) in [5, 5.41) is 23.2. The minimum Gasteiger partial charge on any atom is -0.486 e. The Hall–Kier alpha value is -3.50. The minimum atomic E-state index is -0.868. The zero-order valence-corrected chi connectivity index (χ0v) is 35.7. The van der Waals surface area contributed by atoms with Gasteiger partial charge in [0.25, 0.3) is 0 Å². The molecule has 16 heteroatoms. The Kier molecular flexibility index (Phi) is 17.2. The maximum Gasteiger partial charge on any atom is 0.303 e. The van der Waals surface area contributed by atoms with Gasteiger partial charge in [-0.15, -0.1) is 0 Å². The van der Waals surface area contributed by atoms with Gasteiger partial charge in [-0.05, 0) is 143 Å². The van der Waals surface area contributed by atoms with E-state index in [-0.39, 0.29) is 43.6 Å². The average molecular weight is 1010 g/mol.